The Bertz CT molecular complexity index is 434. The van der Waals surface area contributed by atoms with E-state index in [1.54, 1.807) is 11.0 Å². The van der Waals surface area contributed by atoms with Crippen LogP contribution in [0.3, 0.4) is 0 Å². The molecule has 20 heavy (non-hydrogen) atoms. The van der Waals surface area contributed by atoms with Gasteiger partial charge in [-0.2, -0.15) is 0 Å². The van der Waals surface area contributed by atoms with Gasteiger partial charge in [0.15, 0.2) is 0 Å². The summed E-state index contributed by atoms with van der Waals surface area (Å²) < 4.78 is 0. The van der Waals surface area contributed by atoms with Crippen molar-refractivity contribution >= 4 is 23.4 Å². The third kappa shape index (κ3) is 2.46. The Labute approximate surface area is 125 Å². The Balaban J connectivity index is 2.36. The predicted octanol–water partition coefficient (Wildman–Crippen LogP) is 2.42. The van der Waals surface area contributed by atoms with Crippen molar-refractivity contribution < 1.29 is 9.59 Å². The minimum absolute atomic E-state index is 0.00232. The Morgan fingerprint density at radius 3 is 2.45 bits per heavy atom. The van der Waals surface area contributed by atoms with E-state index in [4.69, 9.17) is 11.6 Å². The van der Waals surface area contributed by atoms with Gasteiger partial charge in [0.1, 0.15) is 11.6 Å². The summed E-state index contributed by atoms with van der Waals surface area (Å²) in [4.78, 5) is 27.2. The third-order valence-electron chi connectivity index (χ3n) is 4.40. The van der Waals surface area contributed by atoms with Crippen LogP contribution < -0.4 is 5.32 Å². The van der Waals surface area contributed by atoms with Crippen molar-refractivity contribution in [3.8, 4) is 0 Å². The molecule has 0 aromatic rings. The van der Waals surface area contributed by atoms with Crippen molar-refractivity contribution in [3.05, 3.63) is 11.6 Å². The van der Waals surface area contributed by atoms with Gasteiger partial charge < -0.3 is 10.2 Å². The van der Waals surface area contributed by atoms with Crippen molar-refractivity contribution in [1.29, 1.82) is 0 Å². The zero-order valence-electron chi connectivity index (χ0n) is 12.4. The van der Waals surface area contributed by atoms with Crippen molar-refractivity contribution in [2.24, 2.45) is 5.41 Å². The molecule has 1 spiro atoms. The number of halogens is 1. The van der Waals surface area contributed by atoms with Crippen molar-refractivity contribution in [1.82, 2.24) is 10.2 Å². The zero-order chi connectivity index (χ0) is 15.0. The first-order chi connectivity index (χ1) is 9.33. The topological polar surface area (TPSA) is 49.4 Å². The fraction of sp³-hybridized carbons (Fsp3) is 0.733. The van der Waals surface area contributed by atoms with Crippen LogP contribution in [0.1, 0.15) is 46.5 Å². The second-order valence-electron chi connectivity index (χ2n) is 6.82. The van der Waals surface area contributed by atoms with E-state index in [1.807, 2.05) is 20.8 Å². The van der Waals surface area contributed by atoms with Gasteiger partial charge in [0.2, 0.25) is 11.8 Å². The van der Waals surface area contributed by atoms with Crippen LogP contribution in [0.5, 0.6) is 0 Å². The number of carbonyl (C=O) groups is 2. The Kier molecular flexibility index (Phi) is 4.14. The van der Waals surface area contributed by atoms with Crippen LogP contribution in [0.25, 0.3) is 0 Å². The number of hydrogen-bond donors (Lipinski definition) is 1. The average molecular weight is 299 g/mol. The Morgan fingerprint density at radius 2 is 1.95 bits per heavy atom. The molecule has 0 radical (unpaired) electrons. The maximum absolute atomic E-state index is 12.8. The molecule has 1 saturated carbocycles. The lowest BCUT2D eigenvalue weighted by Gasteiger charge is -2.48. The molecule has 1 heterocycles. The van der Waals surface area contributed by atoms with Crippen LogP contribution >= 0.6 is 11.6 Å². The predicted molar refractivity (Wildman–Crippen MR) is 79.3 cm³/mol. The molecule has 1 saturated heterocycles. The summed E-state index contributed by atoms with van der Waals surface area (Å²) >= 11 is 5.61. The minimum Gasteiger partial charge on any atom is -0.342 e. The van der Waals surface area contributed by atoms with Gasteiger partial charge in [-0.25, -0.2) is 0 Å². The van der Waals surface area contributed by atoms with E-state index in [-0.39, 0.29) is 17.2 Å². The molecule has 4 nitrogen and oxygen atoms in total. The van der Waals surface area contributed by atoms with Crippen LogP contribution in [0.2, 0.25) is 0 Å². The van der Waals surface area contributed by atoms with Crippen molar-refractivity contribution in [3.63, 3.8) is 0 Å². The molecule has 2 fully saturated rings. The quantitative estimate of drug-likeness (QED) is 0.851. The number of carbonyl (C=O) groups excluding carboxylic acids is 2. The minimum atomic E-state index is -0.658. The molecule has 1 aliphatic carbocycles. The first-order valence-electron chi connectivity index (χ1n) is 7.20. The summed E-state index contributed by atoms with van der Waals surface area (Å²) in [6.45, 7) is 6.32. The van der Waals surface area contributed by atoms with E-state index in [2.05, 4.69) is 5.32 Å². The molecule has 0 aromatic heterocycles. The van der Waals surface area contributed by atoms with E-state index in [1.165, 1.54) is 5.54 Å². The summed E-state index contributed by atoms with van der Waals surface area (Å²) in [5.41, 5.74) is 0.458. The van der Waals surface area contributed by atoms with E-state index < -0.39 is 11.6 Å². The van der Waals surface area contributed by atoms with Crippen LogP contribution in [-0.4, -0.2) is 34.8 Å². The molecular weight excluding hydrogens is 276 g/mol. The van der Waals surface area contributed by atoms with Gasteiger partial charge in [-0.05, 0) is 18.3 Å². The zero-order valence-corrected chi connectivity index (χ0v) is 13.2. The second-order valence-corrected chi connectivity index (χ2v) is 7.07. The first kappa shape index (κ1) is 15.4. The number of rotatable bonds is 2. The molecule has 1 atom stereocenters. The summed E-state index contributed by atoms with van der Waals surface area (Å²) in [7, 11) is 0. The van der Waals surface area contributed by atoms with Crippen LogP contribution in [-0.2, 0) is 9.59 Å². The van der Waals surface area contributed by atoms with E-state index in [9.17, 15) is 9.59 Å². The lowest BCUT2D eigenvalue weighted by atomic mass is 9.80. The molecule has 0 bridgehead atoms. The number of hydrogen-bond acceptors (Lipinski definition) is 2. The maximum Gasteiger partial charge on any atom is 0.246 e. The van der Waals surface area contributed by atoms with E-state index in [0.717, 1.165) is 25.7 Å². The van der Waals surface area contributed by atoms with E-state index in [0.29, 0.717) is 6.54 Å². The molecule has 2 amide bonds. The number of amides is 2. The maximum atomic E-state index is 12.8. The van der Waals surface area contributed by atoms with Gasteiger partial charge in [-0.3, -0.25) is 9.59 Å². The third-order valence-corrected chi connectivity index (χ3v) is 4.58. The lowest BCUT2D eigenvalue weighted by molar-refractivity contribution is -0.159. The summed E-state index contributed by atoms with van der Waals surface area (Å²) in [6.07, 6.45) is 5.21. The summed E-state index contributed by atoms with van der Waals surface area (Å²) in [5.74, 6) is 0.00580. The normalized spacial score (nSPS) is 26.6. The standard InChI is InChI=1S/C15H23ClN2O2/c1-14(2,3)11-12(19)18(10-6-9-16)15(13(20)17-11)7-4-5-8-15/h6,9,11H,4-5,7-8,10H2,1-3H3,(H,17,20)/b9-6+. The van der Waals surface area contributed by atoms with Gasteiger partial charge in [0.05, 0.1) is 0 Å². The summed E-state index contributed by atoms with van der Waals surface area (Å²) in [6, 6.07) is -0.468. The smallest absolute Gasteiger partial charge is 0.246 e. The molecule has 1 N–H and O–H groups in total. The van der Waals surface area contributed by atoms with Gasteiger partial charge in [-0.1, -0.05) is 51.3 Å². The Morgan fingerprint density at radius 1 is 1.35 bits per heavy atom. The second kappa shape index (κ2) is 5.40. The van der Waals surface area contributed by atoms with Crippen molar-refractivity contribution in [2.75, 3.05) is 6.54 Å². The number of piperazine rings is 1. The molecule has 0 aromatic carbocycles. The van der Waals surface area contributed by atoms with Crippen LogP contribution in [0.15, 0.2) is 11.6 Å². The van der Waals surface area contributed by atoms with E-state index >= 15 is 0 Å². The van der Waals surface area contributed by atoms with Gasteiger partial charge in [0, 0.05) is 12.1 Å². The average Bonchev–Trinajstić information content (AvgIpc) is 2.83. The Hall–Kier alpha value is -1.03. The lowest BCUT2D eigenvalue weighted by Crippen LogP contribution is -2.72. The highest BCUT2D eigenvalue weighted by molar-refractivity contribution is 6.25. The van der Waals surface area contributed by atoms with Gasteiger partial charge >= 0.3 is 0 Å². The molecule has 5 heteroatoms. The van der Waals surface area contributed by atoms with Crippen LogP contribution in [0.4, 0.5) is 0 Å². The summed E-state index contributed by atoms with van der Waals surface area (Å²) in [5, 5.41) is 2.96. The fourth-order valence-electron chi connectivity index (χ4n) is 3.27. The van der Waals surface area contributed by atoms with Gasteiger partial charge in [-0.15, -0.1) is 0 Å². The fourth-order valence-corrected chi connectivity index (χ4v) is 3.35. The highest BCUT2D eigenvalue weighted by Crippen LogP contribution is 2.40. The molecule has 1 unspecified atom stereocenters. The van der Waals surface area contributed by atoms with Crippen LogP contribution in [0, 0.1) is 5.41 Å². The number of nitrogens with one attached hydrogen (secondary N) is 1. The molecule has 2 aliphatic rings. The SMILES string of the molecule is CC(C)(C)C1NC(=O)C2(CCCC2)N(C/C=C/Cl)C1=O. The highest BCUT2D eigenvalue weighted by atomic mass is 35.5. The van der Waals surface area contributed by atoms with Gasteiger partial charge in [0.25, 0.3) is 0 Å². The monoisotopic (exact) mass is 298 g/mol. The van der Waals surface area contributed by atoms with Crippen molar-refractivity contribution in [2.45, 2.75) is 58.0 Å². The first-order valence-corrected chi connectivity index (χ1v) is 7.64. The number of nitrogens with zero attached hydrogens (tertiary/aromatic N) is 1. The largest absolute Gasteiger partial charge is 0.342 e. The molecule has 112 valence electrons. The molecular formula is C15H23ClN2O2. The molecule has 2 rings (SSSR count). The molecule has 1 aliphatic heterocycles. The highest BCUT2D eigenvalue weighted by Gasteiger charge is 2.55.